The average molecular weight is 254 g/mol. The van der Waals surface area contributed by atoms with Crippen LogP contribution in [0.5, 0.6) is 0 Å². The summed E-state index contributed by atoms with van der Waals surface area (Å²) in [6.07, 6.45) is 3.12. The van der Waals surface area contributed by atoms with E-state index >= 15 is 0 Å². The maximum absolute atomic E-state index is 11.6. The third kappa shape index (κ3) is 4.65. The highest BCUT2D eigenvalue weighted by Gasteiger charge is 2.10. The van der Waals surface area contributed by atoms with Crippen LogP contribution < -0.4 is 0 Å². The molecule has 0 N–H and O–H groups in total. The second-order valence-electron chi connectivity index (χ2n) is 3.90. The molecule has 0 aliphatic rings. The van der Waals surface area contributed by atoms with E-state index in [0.717, 1.165) is 12.8 Å². The fraction of sp³-hybridized carbons (Fsp3) is 0.267. The maximum atomic E-state index is 11.6. The lowest BCUT2D eigenvalue weighted by Crippen LogP contribution is -2.07. The van der Waals surface area contributed by atoms with Gasteiger partial charge in [-0.3, -0.25) is 0 Å². The molecule has 1 rings (SSSR count). The molecule has 0 spiro atoms. The Morgan fingerprint density at radius 1 is 1.42 bits per heavy atom. The van der Waals surface area contributed by atoms with Crippen LogP contribution in [0.4, 0.5) is 0 Å². The first-order valence-corrected chi connectivity index (χ1v) is 6.00. The van der Waals surface area contributed by atoms with Crippen molar-refractivity contribution in [1.82, 2.24) is 0 Å². The van der Waals surface area contributed by atoms with Crippen LogP contribution in [0.2, 0.25) is 0 Å². The molecule has 0 unspecified atom stereocenters. The fourth-order valence-electron chi connectivity index (χ4n) is 1.39. The molecule has 1 aromatic rings. The molecule has 0 aromatic heterocycles. The van der Waals surface area contributed by atoms with Crippen molar-refractivity contribution in [1.29, 1.82) is 10.5 Å². The van der Waals surface area contributed by atoms with Gasteiger partial charge in [-0.15, -0.1) is 0 Å². The van der Waals surface area contributed by atoms with Crippen LogP contribution >= 0.6 is 0 Å². The summed E-state index contributed by atoms with van der Waals surface area (Å²) in [7, 11) is 0. The molecular formula is C15H14N2O2. The lowest BCUT2D eigenvalue weighted by Gasteiger charge is -2.02. The molecule has 0 bridgehead atoms. The largest absolute Gasteiger partial charge is 0.462 e. The van der Waals surface area contributed by atoms with Gasteiger partial charge in [-0.05, 0) is 30.2 Å². The number of nitrogens with zero attached hydrogens (tertiary/aromatic N) is 2. The van der Waals surface area contributed by atoms with Crippen LogP contribution in [0.25, 0.3) is 6.08 Å². The van der Waals surface area contributed by atoms with Gasteiger partial charge >= 0.3 is 5.97 Å². The lowest BCUT2D eigenvalue weighted by molar-refractivity contribution is -0.138. The van der Waals surface area contributed by atoms with Crippen LogP contribution in [-0.4, -0.2) is 12.6 Å². The SMILES string of the molecule is CCCCOC(=O)/C(C#N)=C/c1cccc(C#N)c1. The van der Waals surface area contributed by atoms with Crippen LogP contribution in [0.15, 0.2) is 29.8 Å². The smallest absolute Gasteiger partial charge is 0.348 e. The van der Waals surface area contributed by atoms with Gasteiger partial charge in [0.1, 0.15) is 11.6 Å². The number of ether oxygens (including phenoxy) is 1. The van der Waals surface area contributed by atoms with Crippen molar-refractivity contribution in [3.8, 4) is 12.1 Å². The van der Waals surface area contributed by atoms with Gasteiger partial charge in [-0.25, -0.2) is 4.79 Å². The molecular weight excluding hydrogens is 240 g/mol. The van der Waals surface area contributed by atoms with Gasteiger partial charge in [0.15, 0.2) is 0 Å². The van der Waals surface area contributed by atoms with Crippen molar-refractivity contribution < 1.29 is 9.53 Å². The van der Waals surface area contributed by atoms with Crippen LogP contribution in [-0.2, 0) is 9.53 Å². The zero-order valence-electron chi connectivity index (χ0n) is 10.7. The minimum Gasteiger partial charge on any atom is -0.462 e. The first-order valence-electron chi connectivity index (χ1n) is 6.00. The molecule has 0 aliphatic heterocycles. The summed E-state index contributed by atoms with van der Waals surface area (Å²) in [5.41, 5.74) is 1.04. The topological polar surface area (TPSA) is 73.9 Å². The van der Waals surface area contributed by atoms with E-state index in [0.29, 0.717) is 17.7 Å². The van der Waals surface area contributed by atoms with E-state index in [1.807, 2.05) is 19.1 Å². The third-order valence-corrected chi connectivity index (χ3v) is 2.40. The number of hydrogen-bond donors (Lipinski definition) is 0. The Balaban J connectivity index is 2.84. The number of benzene rings is 1. The predicted octanol–water partition coefficient (Wildman–Crippen LogP) is 2.81. The highest BCUT2D eigenvalue weighted by atomic mass is 16.5. The van der Waals surface area contributed by atoms with E-state index in [1.54, 1.807) is 24.3 Å². The normalized spacial score (nSPS) is 10.4. The quantitative estimate of drug-likeness (QED) is 0.350. The van der Waals surface area contributed by atoms with Gasteiger partial charge in [0.05, 0.1) is 18.2 Å². The van der Waals surface area contributed by atoms with Crippen molar-refractivity contribution in [3.05, 3.63) is 41.0 Å². The van der Waals surface area contributed by atoms with Gasteiger partial charge in [0.25, 0.3) is 0 Å². The number of rotatable bonds is 5. The van der Waals surface area contributed by atoms with Gasteiger partial charge in [0.2, 0.25) is 0 Å². The van der Waals surface area contributed by atoms with Crippen molar-refractivity contribution in [3.63, 3.8) is 0 Å². The Kier molecular flexibility index (Phi) is 5.85. The summed E-state index contributed by atoms with van der Waals surface area (Å²) in [5.74, 6) is -0.627. The number of nitriles is 2. The Hall–Kier alpha value is -2.59. The molecule has 0 heterocycles. The summed E-state index contributed by atoms with van der Waals surface area (Å²) in [6.45, 7) is 2.30. The first-order chi connectivity index (χ1) is 9.21. The fourth-order valence-corrected chi connectivity index (χ4v) is 1.39. The minimum atomic E-state index is -0.627. The van der Waals surface area contributed by atoms with E-state index in [1.165, 1.54) is 6.08 Å². The van der Waals surface area contributed by atoms with E-state index in [9.17, 15) is 4.79 Å². The molecule has 0 saturated heterocycles. The van der Waals surface area contributed by atoms with E-state index < -0.39 is 5.97 Å². The van der Waals surface area contributed by atoms with Crippen molar-refractivity contribution in [2.24, 2.45) is 0 Å². The number of hydrogen-bond acceptors (Lipinski definition) is 4. The molecule has 4 nitrogen and oxygen atoms in total. The molecule has 0 radical (unpaired) electrons. The van der Waals surface area contributed by atoms with Crippen LogP contribution in [0, 0.1) is 22.7 Å². The number of unbranched alkanes of at least 4 members (excludes halogenated alkanes) is 1. The molecule has 4 heteroatoms. The molecule has 0 atom stereocenters. The highest BCUT2D eigenvalue weighted by molar-refractivity contribution is 5.97. The van der Waals surface area contributed by atoms with Crippen LogP contribution in [0.1, 0.15) is 30.9 Å². The molecule has 0 aliphatic carbocycles. The summed E-state index contributed by atoms with van der Waals surface area (Å²) < 4.78 is 4.97. The van der Waals surface area contributed by atoms with Gasteiger partial charge in [-0.1, -0.05) is 25.5 Å². The summed E-state index contributed by atoms with van der Waals surface area (Å²) in [4.78, 5) is 11.6. The number of carbonyl (C=O) groups is 1. The number of carbonyl (C=O) groups excluding carboxylic acids is 1. The Bertz CT molecular complexity index is 562. The van der Waals surface area contributed by atoms with E-state index in [-0.39, 0.29) is 5.57 Å². The van der Waals surface area contributed by atoms with Gasteiger partial charge in [-0.2, -0.15) is 10.5 Å². The molecule has 0 amide bonds. The predicted molar refractivity (Wildman–Crippen MR) is 70.6 cm³/mol. The summed E-state index contributed by atoms with van der Waals surface area (Å²) in [6, 6.07) is 10.5. The van der Waals surface area contributed by atoms with Crippen molar-refractivity contribution in [2.45, 2.75) is 19.8 Å². The zero-order valence-corrected chi connectivity index (χ0v) is 10.7. The maximum Gasteiger partial charge on any atom is 0.348 e. The average Bonchev–Trinajstić information content (AvgIpc) is 2.45. The molecule has 1 aromatic carbocycles. The molecule has 96 valence electrons. The van der Waals surface area contributed by atoms with Gasteiger partial charge < -0.3 is 4.74 Å². The Morgan fingerprint density at radius 3 is 2.84 bits per heavy atom. The second kappa shape index (κ2) is 7.68. The summed E-state index contributed by atoms with van der Waals surface area (Å²) in [5, 5.41) is 17.7. The van der Waals surface area contributed by atoms with Crippen molar-refractivity contribution >= 4 is 12.0 Å². The lowest BCUT2D eigenvalue weighted by atomic mass is 10.1. The second-order valence-corrected chi connectivity index (χ2v) is 3.90. The Labute approximate surface area is 112 Å². The third-order valence-electron chi connectivity index (χ3n) is 2.40. The number of esters is 1. The van der Waals surface area contributed by atoms with Gasteiger partial charge in [0, 0.05) is 0 Å². The van der Waals surface area contributed by atoms with E-state index in [2.05, 4.69) is 0 Å². The monoisotopic (exact) mass is 254 g/mol. The van der Waals surface area contributed by atoms with Crippen molar-refractivity contribution in [2.75, 3.05) is 6.61 Å². The van der Waals surface area contributed by atoms with E-state index in [4.69, 9.17) is 15.3 Å². The zero-order chi connectivity index (χ0) is 14.1. The minimum absolute atomic E-state index is 0.0637. The molecule has 0 saturated carbocycles. The highest BCUT2D eigenvalue weighted by Crippen LogP contribution is 2.10. The first kappa shape index (κ1) is 14.5. The molecule has 0 fully saturated rings. The Morgan fingerprint density at radius 2 is 2.21 bits per heavy atom. The standard InChI is InChI=1S/C15H14N2O2/c1-2-3-7-19-15(18)14(11-17)9-12-5-4-6-13(8-12)10-16/h4-6,8-9H,2-3,7H2,1H3/b14-9+. The summed E-state index contributed by atoms with van der Waals surface area (Å²) >= 11 is 0. The van der Waals surface area contributed by atoms with Crippen LogP contribution in [0.3, 0.4) is 0 Å². The molecule has 19 heavy (non-hydrogen) atoms.